The molecular weight excluding hydrogens is 288 g/mol. The smallest absolute Gasteiger partial charge is 0.300 e. The zero-order valence-electron chi connectivity index (χ0n) is 11.6. The molecule has 112 valence electrons. The van der Waals surface area contributed by atoms with E-state index in [1.165, 1.54) is 6.07 Å². The number of phenols is 1. The van der Waals surface area contributed by atoms with Gasteiger partial charge in [-0.05, 0) is 23.6 Å². The molecule has 0 radical (unpaired) electrons. The molecule has 3 rings (SSSR count). The SMILES string of the molecule is CC(=O)O.O=Cc1coc2ccc3ccc(O)cc3c2c1=O. The maximum Gasteiger partial charge on any atom is 0.300 e. The van der Waals surface area contributed by atoms with Gasteiger partial charge in [0.15, 0.2) is 6.29 Å². The van der Waals surface area contributed by atoms with Crippen molar-refractivity contribution in [2.24, 2.45) is 0 Å². The van der Waals surface area contributed by atoms with Crippen LogP contribution < -0.4 is 5.43 Å². The van der Waals surface area contributed by atoms with Crippen molar-refractivity contribution in [1.29, 1.82) is 0 Å². The Kier molecular flexibility index (Phi) is 4.22. The molecule has 0 unspecified atom stereocenters. The topological polar surface area (TPSA) is 105 Å². The number of aliphatic carboxylic acids is 1. The number of rotatable bonds is 1. The van der Waals surface area contributed by atoms with Crippen molar-refractivity contribution in [2.45, 2.75) is 6.92 Å². The van der Waals surface area contributed by atoms with Crippen molar-refractivity contribution in [3.8, 4) is 5.75 Å². The zero-order valence-corrected chi connectivity index (χ0v) is 11.6. The minimum absolute atomic E-state index is 0.0293. The lowest BCUT2D eigenvalue weighted by atomic mass is 10.0. The number of carbonyl (C=O) groups is 2. The van der Waals surface area contributed by atoms with Gasteiger partial charge in [-0.2, -0.15) is 0 Å². The third-order valence-electron chi connectivity index (χ3n) is 2.90. The van der Waals surface area contributed by atoms with Gasteiger partial charge in [-0.3, -0.25) is 14.4 Å². The van der Waals surface area contributed by atoms with E-state index in [2.05, 4.69) is 0 Å². The lowest BCUT2D eigenvalue weighted by molar-refractivity contribution is -0.134. The van der Waals surface area contributed by atoms with E-state index in [9.17, 15) is 14.7 Å². The van der Waals surface area contributed by atoms with Gasteiger partial charge in [-0.15, -0.1) is 0 Å². The van der Waals surface area contributed by atoms with Crippen LogP contribution in [0.4, 0.5) is 0 Å². The van der Waals surface area contributed by atoms with Crippen LogP contribution in [0, 0.1) is 0 Å². The molecule has 1 heterocycles. The highest BCUT2D eigenvalue weighted by Crippen LogP contribution is 2.26. The second kappa shape index (κ2) is 6.09. The standard InChI is InChI=1S/C14H8O4.C2H4O2/c15-6-9-7-18-12-4-2-8-1-3-10(16)5-11(8)13(12)14(9)17;1-2(3)4/h1-7,16H;1H3,(H,3,4). The minimum Gasteiger partial charge on any atom is -0.508 e. The van der Waals surface area contributed by atoms with Crippen LogP contribution in [0.15, 0.2) is 45.8 Å². The summed E-state index contributed by atoms with van der Waals surface area (Å²) in [6, 6.07) is 8.20. The average molecular weight is 300 g/mol. The van der Waals surface area contributed by atoms with Crippen molar-refractivity contribution in [3.05, 3.63) is 52.4 Å². The predicted octanol–water partition coefficient (Wildman–Crippen LogP) is 2.56. The summed E-state index contributed by atoms with van der Waals surface area (Å²) in [7, 11) is 0. The number of aldehydes is 1. The Bertz CT molecular complexity index is 919. The molecule has 0 atom stereocenters. The second-order valence-corrected chi connectivity index (χ2v) is 4.50. The van der Waals surface area contributed by atoms with Crippen molar-refractivity contribution >= 4 is 34.0 Å². The molecule has 0 saturated carbocycles. The number of carbonyl (C=O) groups excluding carboxylic acids is 1. The molecule has 3 aromatic rings. The van der Waals surface area contributed by atoms with Crippen molar-refractivity contribution in [2.75, 3.05) is 0 Å². The van der Waals surface area contributed by atoms with Gasteiger partial charge in [-0.1, -0.05) is 12.1 Å². The van der Waals surface area contributed by atoms with E-state index < -0.39 is 5.97 Å². The molecular formula is C16H12O6. The van der Waals surface area contributed by atoms with E-state index in [4.69, 9.17) is 14.3 Å². The molecule has 0 fully saturated rings. The van der Waals surface area contributed by atoms with Gasteiger partial charge in [0.1, 0.15) is 17.6 Å². The number of hydrogen-bond acceptors (Lipinski definition) is 5. The van der Waals surface area contributed by atoms with E-state index in [-0.39, 0.29) is 16.7 Å². The lowest BCUT2D eigenvalue weighted by Gasteiger charge is -2.03. The molecule has 0 aliphatic carbocycles. The van der Waals surface area contributed by atoms with Crippen LogP contribution in [0.2, 0.25) is 0 Å². The number of aromatic hydroxyl groups is 1. The van der Waals surface area contributed by atoms with Gasteiger partial charge in [-0.25, -0.2) is 0 Å². The largest absolute Gasteiger partial charge is 0.508 e. The first-order valence-corrected chi connectivity index (χ1v) is 6.26. The molecule has 0 bridgehead atoms. The van der Waals surface area contributed by atoms with Crippen molar-refractivity contribution in [3.63, 3.8) is 0 Å². The third kappa shape index (κ3) is 2.95. The number of carboxylic acids is 1. The van der Waals surface area contributed by atoms with Gasteiger partial charge in [0, 0.05) is 12.3 Å². The molecule has 0 spiro atoms. The van der Waals surface area contributed by atoms with E-state index in [0.29, 0.717) is 22.6 Å². The fourth-order valence-electron chi connectivity index (χ4n) is 2.03. The molecule has 1 aromatic heterocycles. The first-order valence-electron chi connectivity index (χ1n) is 6.26. The molecule has 2 N–H and O–H groups in total. The number of phenolic OH excluding ortho intramolecular Hbond substituents is 1. The number of benzene rings is 2. The first kappa shape index (κ1) is 15.2. The molecule has 22 heavy (non-hydrogen) atoms. The Balaban J connectivity index is 0.000000396. The molecule has 0 saturated heterocycles. The summed E-state index contributed by atoms with van der Waals surface area (Å²) in [6.45, 7) is 1.08. The monoisotopic (exact) mass is 300 g/mol. The fourth-order valence-corrected chi connectivity index (χ4v) is 2.03. The summed E-state index contributed by atoms with van der Waals surface area (Å²) in [5.74, 6) is -0.772. The van der Waals surface area contributed by atoms with Crippen LogP contribution in [0.1, 0.15) is 17.3 Å². The molecule has 2 aromatic carbocycles. The van der Waals surface area contributed by atoms with Crippen LogP contribution in [0.5, 0.6) is 5.75 Å². The summed E-state index contributed by atoms with van der Waals surface area (Å²) in [4.78, 5) is 31.9. The summed E-state index contributed by atoms with van der Waals surface area (Å²) in [6.07, 6.45) is 1.61. The second-order valence-electron chi connectivity index (χ2n) is 4.50. The van der Waals surface area contributed by atoms with Crippen molar-refractivity contribution < 1.29 is 24.2 Å². The quantitative estimate of drug-likeness (QED) is 0.528. The van der Waals surface area contributed by atoms with E-state index in [0.717, 1.165) is 18.6 Å². The summed E-state index contributed by atoms with van der Waals surface area (Å²) >= 11 is 0. The average Bonchev–Trinajstić information content (AvgIpc) is 2.46. The minimum atomic E-state index is -0.833. The Hall–Kier alpha value is -3.15. The Morgan fingerprint density at radius 1 is 1.23 bits per heavy atom. The first-order chi connectivity index (χ1) is 10.4. The normalized spacial score (nSPS) is 10.0. The predicted molar refractivity (Wildman–Crippen MR) is 80.4 cm³/mol. The highest BCUT2D eigenvalue weighted by atomic mass is 16.4. The molecule has 0 aliphatic heterocycles. The maximum absolute atomic E-state index is 12.1. The van der Waals surface area contributed by atoms with Crippen LogP contribution in [0.3, 0.4) is 0 Å². The zero-order chi connectivity index (χ0) is 16.3. The molecule has 0 amide bonds. The maximum atomic E-state index is 12.1. The third-order valence-corrected chi connectivity index (χ3v) is 2.90. The molecule has 0 aliphatic rings. The number of carboxylic acid groups (broad SMARTS) is 1. The van der Waals surface area contributed by atoms with E-state index >= 15 is 0 Å². The van der Waals surface area contributed by atoms with E-state index in [1.54, 1.807) is 24.3 Å². The summed E-state index contributed by atoms with van der Waals surface area (Å²) in [5.41, 5.74) is -0.0236. The number of fused-ring (bicyclic) bond motifs is 3. The Morgan fingerprint density at radius 3 is 2.50 bits per heavy atom. The van der Waals surface area contributed by atoms with Gasteiger partial charge in [0.2, 0.25) is 5.43 Å². The summed E-state index contributed by atoms with van der Waals surface area (Å²) in [5, 5.41) is 18.6. The molecule has 6 nitrogen and oxygen atoms in total. The fraction of sp³-hybridized carbons (Fsp3) is 0.0625. The Morgan fingerprint density at radius 2 is 1.86 bits per heavy atom. The Labute approximate surface area is 124 Å². The lowest BCUT2D eigenvalue weighted by Crippen LogP contribution is -2.07. The molecule has 6 heteroatoms. The van der Waals surface area contributed by atoms with Gasteiger partial charge >= 0.3 is 0 Å². The van der Waals surface area contributed by atoms with Gasteiger partial charge in [0.05, 0.1) is 10.9 Å². The van der Waals surface area contributed by atoms with Gasteiger partial charge < -0.3 is 14.6 Å². The van der Waals surface area contributed by atoms with Crippen LogP contribution in [-0.2, 0) is 4.79 Å². The van der Waals surface area contributed by atoms with Crippen LogP contribution in [0.25, 0.3) is 21.7 Å². The van der Waals surface area contributed by atoms with Crippen molar-refractivity contribution in [1.82, 2.24) is 0 Å². The van der Waals surface area contributed by atoms with E-state index in [1.807, 2.05) is 0 Å². The highest BCUT2D eigenvalue weighted by Gasteiger charge is 2.10. The van der Waals surface area contributed by atoms with Crippen LogP contribution >= 0.6 is 0 Å². The summed E-state index contributed by atoms with van der Waals surface area (Å²) < 4.78 is 5.25. The number of hydrogen-bond donors (Lipinski definition) is 2. The highest BCUT2D eigenvalue weighted by molar-refractivity contribution is 6.06. The van der Waals surface area contributed by atoms with Gasteiger partial charge in [0.25, 0.3) is 5.97 Å². The van der Waals surface area contributed by atoms with Crippen LogP contribution in [-0.4, -0.2) is 22.5 Å².